The van der Waals surface area contributed by atoms with Gasteiger partial charge < -0.3 is 15.0 Å². The van der Waals surface area contributed by atoms with Crippen LogP contribution in [0.15, 0.2) is 84.6 Å². The van der Waals surface area contributed by atoms with Crippen LogP contribution in [0.2, 0.25) is 0 Å². The number of hydrogen-bond acceptors (Lipinski definition) is 4. The van der Waals surface area contributed by atoms with Crippen molar-refractivity contribution in [2.45, 2.75) is 19.4 Å². The van der Waals surface area contributed by atoms with Crippen LogP contribution in [0, 0.1) is 0 Å². The number of rotatable bonds is 5. The number of aliphatic hydroxyl groups is 1. The lowest BCUT2D eigenvalue weighted by atomic mass is 9.94. The monoisotopic (exact) mass is 465 g/mol. The van der Waals surface area contributed by atoms with Crippen LogP contribution < -0.4 is 9.80 Å². The summed E-state index contributed by atoms with van der Waals surface area (Å²) in [6.45, 7) is 2.05. The fourth-order valence-corrected chi connectivity index (χ4v) is 4.68. The highest BCUT2D eigenvalue weighted by atomic mass is 16.3. The van der Waals surface area contributed by atoms with Crippen LogP contribution >= 0.6 is 0 Å². The van der Waals surface area contributed by atoms with Crippen LogP contribution in [0.4, 0.5) is 11.4 Å². The van der Waals surface area contributed by atoms with Gasteiger partial charge in [0.15, 0.2) is 0 Å². The molecule has 1 aromatic heterocycles. The molecule has 6 heteroatoms. The second-order valence-corrected chi connectivity index (χ2v) is 8.92. The lowest BCUT2D eigenvalue weighted by Gasteiger charge is -2.25. The predicted octanol–water partition coefficient (Wildman–Crippen LogP) is 5.42. The number of hydrogen-bond donors (Lipinski definition) is 2. The third kappa shape index (κ3) is 3.77. The summed E-state index contributed by atoms with van der Waals surface area (Å²) in [7, 11) is 3.88. The molecule has 176 valence electrons. The average molecular weight is 466 g/mol. The highest BCUT2D eigenvalue weighted by Crippen LogP contribution is 2.44. The predicted molar refractivity (Wildman–Crippen MR) is 140 cm³/mol. The van der Waals surface area contributed by atoms with E-state index >= 15 is 0 Å². The molecule has 1 fully saturated rings. The molecule has 2 heterocycles. The van der Waals surface area contributed by atoms with Crippen LogP contribution in [-0.4, -0.2) is 35.9 Å². The third-order valence-corrected chi connectivity index (χ3v) is 6.64. The van der Waals surface area contributed by atoms with Crippen LogP contribution in [-0.2, 0) is 16.0 Å². The number of fused-ring (bicyclic) bond motifs is 1. The molecule has 1 amide bonds. The molecule has 1 aliphatic rings. The van der Waals surface area contributed by atoms with Crippen molar-refractivity contribution in [2.75, 3.05) is 23.9 Å². The number of para-hydroxylation sites is 1. The van der Waals surface area contributed by atoms with Crippen molar-refractivity contribution in [1.82, 2.24) is 4.98 Å². The Bertz CT molecular complexity index is 1450. The number of anilines is 2. The maximum absolute atomic E-state index is 13.4. The molecule has 0 aliphatic carbocycles. The average Bonchev–Trinajstić information content (AvgIpc) is 3.42. The molecule has 1 saturated heterocycles. The van der Waals surface area contributed by atoms with Gasteiger partial charge in [-0.15, -0.1) is 0 Å². The molecule has 2 N–H and O–H groups in total. The normalized spacial score (nSPS) is 17.3. The summed E-state index contributed by atoms with van der Waals surface area (Å²) in [5.74, 6) is -1.53. The van der Waals surface area contributed by atoms with E-state index in [0.717, 1.165) is 34.1 Å². The lowest BCUT2D eigenvalue weighted by Crippen LogP contribution is -2.29. The Labute approximate surface area is 204 Å². The highest BCUT2D eigenvalue weighted by Gasteiger charge is 2.47. The molecule has 1 unspecified atom stereocenters. The summed E-state index contributed by atoms with van der Waals surface area (Å²) < 4.78 is 0. The smallest absolute Gasteiger partial charge is 0.300 e. The number of aromatic amines is 1. The van der Waals surface area contributed by atoms with Gasteiger partial charge in [0.05, 0.1) is 11.6 Å². The molecule has 0 saturated carbocycles. The number of carbonyl (C=O) groups excluding carboxylic acids is 2. The molecular formula is C29H27N3O3. The van der Waals surface area contributed by atoms with Crippen molar-refractivity contribution in [2.24, 2.45) is 0 Å². The zero-order valence-corrected chi connectivity index (χ0v) is 19.9. The Balaban J connectivity index is 1.72. The van der Waals surface area contributed by atoms with Gasteiger partial charge in [-0.2, -0.15) is 0 Å². The Morgan fingerprint density at radius 1 is 0.971 bits per heavy atom. The van der Waals surface area contributed by atoms with Crippen molar-refractivity contribution in [3.63, 3.8) is 0 Å². The molecule has 3 aromatic carbocycles. The number of nitrogens with one attached hydrogen (secondary N) is 1. The van der Waals surface area contributed by atoms with E-state index in [9.17, 15) is 14.7 Å². The Kier molecular flexibility index (Phi) is 5.65. The molecule has 0 spiro atoms. The summed E-state index contributed by atoms with van der Waals surface area (Å²) >= 11 is 0. The van der Waals surface area contributed by atoms with E-state index < -0.39 is 17.7 Å². The van der Waals surface area contributed by atoms with Gasteiger partial charge in [-0.05, 0) is 42.3 Å². The van der Waals surface area contributed by atoms with Crippen molar-refractivity contribution in [1.29, 1.82) is 0 Å². The number of aryl methyl sites for hydroxylation is 1. The first-order chi connectivity index (χ1) is 16.9. The zero-order chi connectivity index (χ0) is 24.7. The maximum Gasteiger partial charge on any atom is 0.300 e. The summed E-state index contributed by atoms with van der Waals surface area (Å²) in [5, 5.41) is 12.2. The summed E-state index contributed by atoms with van der Waals surface area (Å²) in [6, 6.07) is 21.9. The largest absolute Gasteiger partial charge is 0.507 e. The zero-order valence-electron chi connectivity index (χ0n) is 19.9. The number of nitrogens with zero attached hydrogens (tertiary/aromatic N) is 2. The van der Waals surface area contributed by atoms with Gasteiger partial charge in [0.1, 0.15) is 5.76 Å². The number of amides is 1. The van der Waals surface area contributed by atoms with E-state index in [1.54, 1.807) is 12.1 Å². The minimum Gasteiger partial charge on any atom is -0.507 e. The first-order valence-electron chi connectivity index (χ1n) is 11.6. The Morgan fingerprint density at radius 2 is 1.66 bits per heavy atom. The van der Waals surface area contributed by atoms with Crippen LogP contribution in [0.1, 0.15) is 29.7 Å². The summed E-state index contributed by atoms with van der Waals surface area (Å²) in [6.07, 6.45) is 2.68. The topological polar surface area (TPSA) is 76.6 Å². The van der Waals surface area contributed by atoms with Crippen LogP contribution in [0.3, 0.4) is 0 Å². The first-order valence-corrected chi connectivity index (χ1v) is 11.6. The molecule has 5 rings (SSSR count). The maximum atomic E-state index is 13.4. The van der Waals surface area contributed by atoms with E-state index in [4.69, 9.17) is 0 Å². The second kappa shape index (κ2) is 8.80. The Hall–Kier alpha value is -4.32. The number of benzene rings is 3. The van der Waals surface area contributed by atoms with Gasteiger partial charge in [0, 0.05) is 53.7 Å². The summed E-state index contributed by atoms with van der Waals surface area (Å²) in [5.41, 5.74) is 4.93. The van der Waals surface area contributed by atoms with Gasteiger partial charge in [-0.3, -0.25) is 14.5 Å². The molecule has 0 radical (unpaired) electrons. The number of carbonyl (C=O) groups is 2. The lowest BCUT2D eigenvalue weighted by molar-refractivity contribution is -0.132. The number of aromatic nitrogens is 1. The quantitative estimate of drug-likeness (QED) is 0.234. The summed E-state index contributed by atoms with van der Waals surface area (Å²) in [4.78, 5) is 33.5. The van der Waals surface area contributed by atoms with E-state index in [1.165, 1.54) is 4.90 Å². The van der Waals surface area contributed by atoms with E-state index in [2.05, 4.69) is 11.9 Å². The fraction of sp³-hybridized carbons (Fsp3) is 0.172. The molecule has 1 atom stereocenters. The van der Waals surface area contributed by atoms with Crippen molar-refractivity contribution < 1.29 is 14.7 Å². The molecule has 4 aromatic rings. The number of ketones is 1. The minimum atomic E-state index is -0.776. The van der Waals surface area contributed by atoms with Gasteiger partial charge in [0.2, 0.25) is 0 Å². The van der Waals surface area contributed by atoms with Gasteiger partial charge in [-0.1, -0.05) is 49.4 Å². The van der Waals surface area contributed by atoms with Gasteiger partial charge >= 0.3 is 0 Å². The number of Topliss-reactive ketones (excluding diaryl/α,β-unsaturated/α-hetero) is 1. The molecule has 35 heavy (non-hydrogen) atoms. The Morgan fingerprint density at radius 3 is 2.31 bits per heavy atom. The molecule has 6 nitrogen and oxygen atoms in total. The highest BCUT2D eigenvalue weighted by molar-refractivity contribution is 6.51. The van der Waals surface area contributed by atoms with Crippen LogP contribution in [0.5, 0.6) is 0 Å². The molecule has 0 bridgehead atoms. The molecular weight excluding hydrogens is 438 g/mol. The van der Waals surface area contributed by atoms with E-state index in [-0.39, 0.29) is 11.3 Å². The van der Waals surface area contributed by atoms with Crippen molar-refractivity contribution in [3.8, 4) is 0 Å². The first kappa shape index (κ1) is 22.5. The van der Waals surface area contributed by atoms with E-state index in [0.29, 0.717) is 11.3 Å². The van der Waals surface area contributed by atoms with Gasteiger partial charge in [-0.25, -0.2) is 0 Å². The second-order valence-electron chi connectivity index (χ2n) is 8.92. The standard InChI is InChI=1S/C29H27N3O3/c1-4-18-9-11-19(12-10-18)27(33)25-26(23-17-30-24-8-6-5-7-22(23)24)32(29(35)28(25)34)21-15-13-20(14-16-21)31(2)3/h5-17,26,30,33H,4H2,1-3H3/b27-25+. The van der Waals surface area contributed by atoms with Crippen molar-refractivity contribution in [3.05, 3.63) is 101 Å². The van der Waals surface area contributed by atoms with Gasteiger partial charge in [0.25, 0.3) is 11.7 Å². The minimum absolute atomic E-state index is 0.0840. The number of aliphatic hydroxyl groups excluding tert-OH is 1. The van der Waals surface area contributed by atoms with Crippen LogP contribution in [0.25, 0.3) is 16.7 Å². The molecule has 1 aliphatic heterocycles. The van der Waals surface area contributed by atoms with Crippen molar-refractivity contribution >= 4 is 39.7 Å². The van der Waals surface area contributed by atoms with E-state index in [1.807, 2.05) is 85.9 Å². The number of H-pyrrole nitrogens is 1. The SMILES string of the molecule is CCc1ccc(/C(O)=C2\C(=O)C(=O)N(c3ccc(N(C)C)cc3)C2c2c[nH]c3ccccc23)cc1. The fourth-order valence-electron chi connectivity index (χ4n) is 4.68. The third-order valence-electron chi connectivity index (χ3n) is 6.64.